The minimum absolute atomic E-state index is 0.0466. The van der Waals surface area contributed by atoms with Crippen molar-refractivity contribution >= 4 is 17.6 Å². The summed E-state index contributed by atoms with van der Waals surface area (Å²) in [4.78, 5) is 26.2. The lowest BCUT2D eigenvalue weighted by atomic mass is 10.1. The molecule has 1 heterocycles. The van der Waals surface area contributed by atoms with Crippen molar-refractivity contribution in [3.05, 3.63) is 83.7 Å². The van der Waals surface area contributed by atoms with E-state index in [9.17, 15) is 22.8 Å². The van der Waals surface area contributed by atoms with Crippen LogP contribution in [0.1, 0.15) is 5.56 Å². The van der Waals surface area contributed by atoms with Gasteiger partial charge in [-0.3, -0.25) is 0 Å². The molecule has 0 amide bonds. The monoisotopic (exact) mass is 475 g/mol. The van der Waals surface area contributed by atoms with Gasteiger partial charge in [0.15, 0.2) is 17.2 Å². The van der Waals surface area contributed by atoms with Crippen LogP contribution in [-0.4, -0.2) is 33.3 Å². The van der Waals surface area contributed by atoms with Crippen LogP contribution in [-0.2, 0) is 25.2 Å². The van der Waals surface area contributed by atoms with Crippen LogP contribution in [0.15, 0.2) is 78.2 Å². The standard InChI is InChI=1S/C24H20F3NO6/c1-31-19-9-4-5-10-20(19)34-18-12-11-15(24(25,26)27)14-17(18)28-13-7-6-8-16(22(29)32-2)21(28)23(30)33-3/h4-14H,1-3H3. The Kier molecular flexibility index (Phi) is 7.30. The predicted molar refractivity (Wildman–Crippen MR) is 116 cm³/mol. The number of halogens is 3. The average Bonchev–Trinajstić information content (AvgIpc) is 3.06. The third-order valence-corrected chi connectivity index (χ3v) is 4.72. The van der Waals surface area contributed by atoms with Crippen molar-refractivity contribution in [1.29, 1.82) is 0 Å². The highest BCUT2D eigenvalue weighted by molar-refractivity contribution is 6.05. The second kappa shape index (κ2) is 10.2. The minimum Gasteiger partial charge on any atom is -0.493 e. The number of para-hydroxylation sites is 2. The second-order valence-electron chi connectivity index (χ2n) is 6.75. The molecule has 178 valence electrons. The summed E-state index contributed by atoms with van der Waals surface area (Å²) in [6.07, 6.45) is 0.785. The molecule has 0 saturated carbocycles. The number of anilines is 1. The number of hydrogen-bond donors (Lipinski definition) is 0. The molecule has 0 radical (unpaired) electrons. The van der Waals surface area contributed by atoms with Crippen molar-refractivity contribution in [2.45, 2.75) is 6.18 Å². The number of nitrogens with zero attached hydrogens (tertiary/aromatic N) is 1. The van der Waals surface area contributed by atoms with Gasteiger partial charge in [0, 0.05) is 6.20 Å². The molecule has 1 aliphatic rings. The van der Waals surface area contributed by atoms with Gasteiger partial charge in [-0.2, -0.15) is 13.2 Å². The lowest BCUT2D eigenvalue weighted by molar-refractivity contribution is -0.139. The number of hydrogen-bond acceptors (Lipinski definition) is 7. The third kappa shape index (κ3) is 5.06. The molecular formula is C24H20F3NO6. The Morgan fingerprint density at radius 1 is 0.853 bits per heavy atom. The second-order valence-corrected chi connectivity index (χ2v) is 6.75. The van der Waals surface area contributed by atoms with Crippen LogP contribution in [0.4, 0.5) is 18.9 Å². The molecule has 0 aliphatic carbocycles. The first-order valence-electron chi connectivity index (χ1n) is 9.78. The van der Waals surface area contributed by atoms with Crippen LogP contribution < -0.4 is 14.4 Å². The Balaban J connectivity index is 2.27. The summed E-state index contributed by atoms with van der Waals surface area (Å²) in [5.41, 5.74) is -1.75. The van der Waals surface area contributed by atoms with Gasteiger partial charge in [0.2, 0.25) is 0 Å². The molecule has 0 N–H and O–H groups in total. The van der Waals surface area contributed by atoms with Crippen molar-refractivity contribution in [2.24, 2.45) is 0 Å². The zero-order chi connectivity index (χ0) is 24.9. The molecule has 2 aromatic rings. The first-order valence-corrected chi connectivity index (χ1v) is 9.78. The molecular weight excluding hydrogens is 455 g/mol. The topological polar surface area (TPSA) is 74.3 Å². The van der Waals surface area contributed by atoms with Gasteiger partial charge in [-0.1, -0.05) is 18.2 Å². The Morgan fingerprint density at radius 3 is 2.15 bits per heavy atom. The van der Waals surface area contributed by atoms with Gasteiger partial charge < -0.3 is 23.8 Å². The zero-order valence-corrected chi connectivity index (χ0v) is 18.4. The van der Waals surface area contributed by atoms with Gasteiger partial charge >= 0.3 is 18.1 Å². The van der Waals surface area contributed by atoms with Crippen LogP contribution in [0, 0.1) is 0 Å². The summed E-state index contributed by atoms with van der Waals surface area (Å²) in [6.45, 7) is 0. The molecule has 7 nitrogen and oxygen atoms in total. The predicted octanol–water partition coefficient (Wildman–Crippen LogP) is 5.00. The highest BCUT2D eigenvalue weighted by Crippen LogP contribution is 2.42. The zero-order valence-electron chi connectivity index (χ0n) is 18.4. The summed E-state index contributed by atoms with van der Waals surface area (Å²) in [7, 11) is 3.61. The van der Waals surface area contributed by atoms with E-state index >= 15 is 0 Å². The van der Waals surface area contributed by atoms with Crippen LogP contribution >= 0.6 is 0 Å². The highest BCUT2D eigenvalue weighted by Gasteiger charge is 2.34. The van der Waals surface area contributed by atoms with E-state index in [1.165, 1.54) is 31.5 Å². The summed E-state index contributed by atoms with van der Waals surface area (Å²) in [5, 5.41) is 0. The van der Waals surface area contributed by atoms with E-state index in [-0.39, 0.29) is 28.5 Å². The largest absolute Gasteiger partial charge is 0.493 e. The van der Waals surface area contributed by atoms with Crippen molar-refractivity contribution in [3.8, 4) is 17.2 Å². The van der Waals surface area contributed by atoms with E-state index in [2.05, 4.69) is 0 Å². The van der Waals surface area contributed by atoms with Gasteiger partial charge in [0.05, 0.1) is 38.2 Å². The molecule has 0 saturated heterocycles. The number of rotatable bonds is 6. The fourth-order valence-corrected chi connectivity index (χ4v) is 3.14. The molecule has 1 aliphatic heterocycles. The Hall–Kier alpha value is -4.21. The summed E-state index contributed by atoms with van der Waals surface area (Å²) in [6, 6.07) is 9.30. The van der Waals surface area contributed by atoms with Gasteiger partial charge in [-0.25, -0.2) is 9.59 Å². The number of ether oxygens (including phenoxy) is 4. The maximum absolute atomic E-state index is 13.6. The number of carbonyl (C=O) groups excluding carboxylic acids is 2. The van der Waals surface area contributed by atoms with E-state index in [4.69, 9.17) is 18.9 Å². The number of benzene rings is 2. The van der Waals surface area contributed by atoms with Gasteiger partial charge in [-0.05, 0) is 42.5 Å². The van der Waals surface area contributed by atoms with Crippen molar-refractivity contribution in [1.82, 2.24) is 0 Å². The molecule has 0 spiro atoms. The molecule has 0 bridgehead atoms. The average molecular weight is 475 g/mol. The Morgan fingerprint density at radius 2 is 1.53 bits per heavy atom. The molecule has 0 unspecified atom stereocenters. The minimum atomic E-state index is -4.69. The van der Waals surface area contributed by atoms with E-state index < -0.39 is 23.7 Å². The maximum atomic E-state index is 13.6. The number of methoxy groups -OCH3 is 3. The quantitative estimate of drug-likeness (QED) is 0.545. The molecule has 0 atom stereocenters. The third-order valence-electron chi connectivity index (χ3n) is 4.72. The van der Waals surface area contributed by atoms with Crippen LogP contribution in [0.25, 0.3) is 0 Å². The van der Waals surface area contributed by atoms with Gasteiger partial charge in [0.25, 0.3) is 0 Å². The maximum Gasteiger partial charge on any atom is 0.416 e. The smallest absolute Gasteiger partial charge is 0.416 e. The van der Waals surface area contributed by atoms with Crippen molar-refractivity contribution in [2.75, 3.05) is 26.2 Å². The molecule has 10 heteroatoms. The number of allylic oxidation sites excluding steroid dienone is 2. The first kappa shape index (κ1) is 24.4. The van der Waals surface area contributed by atoms with E-state index in [0.29, 0.717) is 5.75 Å². The molecule has 3 rings (SSSR count). The fourth-order valence-electron chi connectivity index (χ4n) is 3.14. The Bertz CT molecular complexity index is 1180. The molecule has 34 heavy (non-hydrogen) atoms. The lowest BCUT2D eigenvalue weighted by Crippen LogP contribution is -2.27. The van der Waals surface area contributed by atoms with Crippen molar-refractivity contribution in [3.63, 3.8) is 0 Å². The summed E-state index contributed by atoms with van der Waals surface area (Å²) < 4.78 is 61.5. The SMILES string of the molecule is COC(=O)C1=C(C(=O)OC)N(c2cc(C(F)(F)F)ccc2Oc2ccccc2OC)C=CC=C1. The number of carbonyl (C=O) groups is 2. The molecule has 0 fully saturated rings. The van der Waals surface area contributed by atoms with E-state index in [1.54, 1.807) is 24.3 Å². The molecule has 0 aromatic heterocycles. The molecule has 2 aromatic carbocycles. The van der Waals surface area contributed by atoms with Crippen LogP contribution in [0.5, 0.6) is 17.2 Å². The Labute approximate surface area is 193 Å². The summed E-state index contributed by atoms with van der Waals surface area (Å²) in [5.74, 6) is -1.35. The highest BCUT2D eigenvalue weighted by atomic mass is 19.4. The lowest BCUT2D eigenvalue weighted by Gasteiger charge is -2.26. The number of esters is 2. The van der Waals surface area contributed by atoms with Crippen LogP contribution in [0.2, 0.25) is 0 Å². The van der Waals surface area contributed by atoms with E-state index in [0.717, 1.165) is 37.3 Å². The fraction of sp³-hybridized carbons (Fsp3) is 0.167. The normalized spacial score (nSPS) is 13.4. The number of alkyl halides is 3. The van der Waals surface area contributed by atoms with E-state index in [1.807, 2.05) is 0 Å². The summed E-state index contributed by atoms with van der Waals surface area (Å²) >= 11 is 0. The van der Waals surface area contributed by atoms with Gasteiger partial charge in [-0.15, -0.1) is 0 Å². The van der Waals surface area contributed by atoms with Crippen LogP contribution in [0.3, 0.4) is 0 Å². The van der Waals surface area contributed by atoms with Gasteiger partial charge in [0.1, 0.15) is 5.70 Å². The van der Waals surface area contributed by atoms with Crippen molar-refractivity contribution < 1.29 is 41.7 Å². The first-order chi connectivity index (χ1) is 16.2.